The highest BCUT2D eigenvalue weighted by molar-refractivity contribution is 5.26. The molecule has 0 saturated carbocycles. The van der Waals surface area contributed by atoms with E-state index in [0.717, 1.165) is 30.8 Å². The number of rotatable bonds is 7. The van der Waals surface area contributed by atoms with Crippen LogP contribution in [0.4, 0.5) is 0 Å². The van der Waals surface area contributed by atoms with Gasteiger partial charge < -0.3 is 15.2 Å². The normalized spacial score (nSPS) is 12.8. The van der Waals surface area contributed by atoms with Crippen LogP contribution in [0.15, 0.2) is 42.9 Å². The summed E-state index contributed by atoms with van der Waals surface area (Å²) >= 11 is 0. The number of nitrogens with zero attached hydrogens (tertiary/aromatic N) is 3. The third-order valence-corrected chi connectivity index (χ3v) is 3.48. The average molecular weight is 272 g/mol. The molecular weight excluding hydrogens is 248 g/mol. The van der Waals surface area contributed by atoms with Crippen LogP contribution in [-0.2, 0) is 6.54 Å². The fraction of sp³-hybridized carbons (Fsp3) is 0.438. The van der Waals surface area contributed by atoms with Crippen molar-refractivity contribution in [2.45, 2.75) is 25.4 Å². The molecule has 20 heavy (non-hydrogen) atoms. The van der Waals surface area contributed by atoms with E-state index in [1.54, 1.807) is 0 Å². The lowest BCUT2D eigenvalue weighted by Gasteiger charge is -2.15. The highest BCUT2D eigenvalue weighted by atomic mass is 15.1. The van der Waals surface area contributed by atoms with Crippen molar-refractivity contribution in [2.24, 2.45) is 5.73 Å². The molecule has 0 amide bonds. The Morgan fingerprint density at radius 3 is 2.65 bits per heavy atom. The molecule has 0 bridgehead atoms. The molecule has 0 aliphatic carbocycles. The summed E-state index contributed by atoms with van der Waals surface area (Å²) in [6.45, 7) is 2.10. The summed E-state index contributed by atoms with van der Waals surface area (Å²) in [5, 5.41) is 0. The minimum absolute atomic E-state index is 0.104. The zero-order valence-electron chi connectivity index (χ0n) is 12.4. The molecule has 0 saturated heterocycles. The Hall–Kier alpha value is -1.65. The zero-order chi connectivity index (χ0) is 14.4. The van der Waals surface area contributed by atoms with E-state index in [4.69, 9.17) is 5.73 Å². The molecule has 0 fully saturated rings. The first-order valence-corrected chi connectivity index (χ1v) is 7.14. The maximum absolute atomic E-state index is 6.34. The van der Waals surface area contributed by atoms with Gasteiger partial charge in [-0.3, -0.25) is 0 Å². The minimum Gasteiger partial charge on any atom is -0.333 e. The smallest absolute Gasteiger partial charge is 0.0948 e. The van der Waals surface area contributed by atoms with Gasteiger partial charge in [0.1, 0.15) is 0 Å². The van der Waals surface area contributed by atoms with Crippen LogP contribution in [0, 0.1) is 0 Å². The number of aryl methyl sites for hydroxylation is 1. The Bertz CT molecular complexity index is 504. The second-order valence-electron chi connectivity index (χ2n) is 5.41. The van der Waals surface area contributed by atoms with Crippen molar-refractivity contribution in [2.75, 3.05) is 20.6 Å². The van der Waals surface area contributed by atoms with Crippen molar-refractivity contribution in [3.63, 3.8) is 0 Å². The Morgan fingerprint density at radius 1 is 1.20 bits per heavy atom. The molecule has 4 nitrogen and oxygen atoms in total. The molecule has 0 radical (unpaired) electrons. The lowest BCUT2D eigenvalue weighted by atomic mass is 10.1. The van der Waals surface area contributed by atoms with E-state index in [-0.39, 0.29) is 6.04 Å². The lowest BCUT2D eigenvalue weighted by Crippen LogP contribution is -2.17. The minimum atomic E-state index is -0.104. The molecule has 1 aromatic heterocycles. The molecule has 0 spiro atoms. The van der Waals surface area contributed by atoms with Gasteiger partial charge in [0, 0.05) is 6.54 Å². The summed E-state index contributed by atoms with van der Waals surface area (Å²) in [7, 11) is 4.21. The zero-order valence-corrected chi connectivity index (χ0v) is 12.4. The van der Waals surface area contributed by atoms with E-state index >= 15 is 0 Å². The number of nitrogens with two attached hydrogens (primary N) is 1. The first-order chi connectivity index (χ1) is 9.68. The summed E-state index contributed by atoms with van der Waals surface area (Å²) in [6, 6.07) is 10.1. The summed E-state index contributed by atoms with van der Waals surface area (Å²) in [5.41, 5.74) is 8.56. The Labute approximate surface area is 121 Å². The fourth-order valence-corrected chi connectivity index (χ4v) is 2.32. The van der Waals surface area contributed by atoms with Crippen molar-refractivity contribution in [1.82, 2.24) is 14.5 Å². The molecule has 1 unspecified atom stereocenters. The number of benzene rings is 1. The highest BCUT2D eigenvalue weighted by Gasteiger charge is 2.13. The van der Waals surface area contributed by atoms with Gasteiger partial charge in [-0.05, 0) is 39.0 Å². The summed E-state index contributed by atoms with van der Waals surface area (Å²) in [4.78, 5) is 6.47. The van der Waals surface area contributed by atoms with E-state index < -0.39 is 0 Å². The van der Waals surface area contributed by atoms with Crippen molar-refractivity contribution < 1.29 is 0 Å². The molecule has 2 aromatic rings. The molecule has 2 rings (SSSR count). The van der Waals surface area contributed by atoms with Crippen LogP contribution in [0.2, 0.25) is 0 Å². The van der Waals surface area contributed by atoms with Gasteiger partial charge in [0.25, 0.3) is 0 Å². The van der Waals surface area contributed by atoms with Gasteiger partial charge in [-0.2, -0.15) is 0 Å². The monoisotopic (exact) mass is 272 g/mol. The van der Waals surface area contributed by atoms with Gasteiger partial charge in [0.2, 0.25) is 0 Å². The number of unbranched alkanes of at least 4 members (excludes halogenated alkanes) is 1. The average Bonchev–Trinajstić information content (AvgIpc) is 2.92. The van der Waals surface area contributed by atoms with E-state index in [1.165, 1.54) is 6.42 Å². The SMILES string of the molecule is CN(C)CCCCn1cncc1C(N)c1ccccc1. The maximum Gasteiger partial charge on any atom is 0.0948 e. The summed E-state index contributed by atoms with van der Waals surface area (Å²) in [6.07, 6.45) is 6.09. The first-order valence-electron chi connectivity index (χ1n) is 7.14. The van der Waals surface area contributed by atoms with Gasteiger partial charge in [0.15, 0.2) is 0 Å². The number of hydrogen-bond donors (Lipinski definition) is 1. The number of imidazole rings is 1. The van der Waals surface area contributed by atoms with Crippen molar-refractivity contribution >= 4 is 0 Å². The standard InChI is InChI=1S/C16H24N4/c1-19(2)10-6-7-11-20-13-18-12-15(20)16(17)14-8-4-3-5-9-14/h3-5,8-9,12-13,16H,6-7,10-11,17H2,1-2H3. The maximum atomic E-state index is 6.34. The van der Waals surface area contributed by atoms with Crippen LogP contribution in [0.25, 0.3) is 0 Å². The van der Waals surface area contributed by atoms with Crippen LogP contribution in [0.5, 0.6) is 0 Å². The van der Waals surface area contributed by atoms with E-state index in [9.17, 15) is 0 Å². The summed E-state index contributed by atoms with van der Waals surface area (Å²) in [5.74, 6) is 0. The Kier molecular flexibility index (Phi) is 5.32. The van der Waals surface area contributed by atoms with Crippen molar-refractivity contribution in [1.29, 1.82) is 0 Å². The van der Waals surface area contributed by atoms with Crippen LogP contribution < -0.4 is 5.73 Å². The second kappa shape index (κ2) is 7.22. The molecule has 1 aromatic carbocycles. The molecule has 2 N–H and O–H groups in total. The van der Waals surface area contributed by atoms with Crippen LogP contribution in [0.3, 0.4) is 0 Å². The van der Waals surface area contributed by atoms with Crippen molar-refractivity contribution in [3.05, 3.63) is 54.1 Å². The lowest BCUT2D eigenvalue weighted by molar-refractivity contribution is 0.386. The first kappa shape index (κ1) is 14.8. The van der Waals surface area contributed by atoms with Crippen LogP contribution >= 0.6 is 0 Å². The molecule has 108 valence electrons. The van der Waals surface area contributed by atoms with Gasteiger partial charge in [0.05, 0.1) is 24.3 Å². The molecular formula is C16H24N4. The fourth-order valence-electron chi connectivity index (χ4n) is 2.32. The third-order valence-electron chi connectivity index (χ3n) is 3.48. The molecule has 1 atom stereocenters. The molecule has 1 heterocycles. The Morgan fingerprint density at radius 2 is 1.95 bits per heavy atom. The van der Waals surface area contributed by atoms with E-state index in [1.807, 2.05) is 30.7 Å². The highest BCUT2D eigenvalue weighted by Crippen LogP contribution is 2.19. The third kappa shape index (κ3) is 3.92. The van der Waals surface area contributed by atoms with Crippen LogP contribution in [-0.4, -0.2) is 35.1 Å². The second-order valence-corrected chi connectivity index (χ2v) is 5.41. The van der Waals surface area contributed by atoms with Crippen molar-refractivity contribution in [3.8, 4) is 0 Å². The predicted octanol–water partition coefficient (Wildman–Crippen LogP) is 2.27. The quantitative estimate of drug-likeness (QED) is 0.787. The van der Waals surface area contributed by atoms with Gasteiger partial charge >= 0.3 is 0 Å². The topological polar surface area (TPSA) is 47.1 Å². The summed E-state index contributed by atoms with van der Waals surface area (Å²) < 4.78 is 2.17. The van der Waals surface area contributed by atoms with E-state index in [0.29, 0.717) is 0 Å². The Balaban J connectivity index is 1.98. The van der Waals surface area contributed by atoms with Gasteiger partial charge in [-0.1, -0.05) is 30.3 Å². The molecule has 0 aliphatic heterocycles. The predicted molar refractivity (Wildman–Crippen MR) is 82.5 cm³/mol. The van der Waals surface area contributed by atoms with Crippen LogP contribution in [0.1, 0.15) is 30.1 Å². The van der Waals surface area contributed by atoms with Gasteiger partial charge in [-0.15, -0.1) is 0 Å². The number of hydrogen-bond acceptors (Lipinski definition) is 3. The number of aromatic nitrogens is 2. The van der Waals surface area contributed by atoms with Gasteiger partial charge in [-0.25, -0.2) is 4.98 Å². The van der Waals surface area contributed by atoms with E-state index in [2.05, 4.69) is 40.7 Å². The largest absolute Gasteiger partial charge is 0.333 e. The molecule has 4 heteroatoms. The molecule has 0 aliphatic rings.